The lowest BCUT2D eigenvalue weighted by molar-refractivity contribution is 0.0251. The number of nitrogens with zero attached hydrogens (tertiary/aromatic N) is 1. The van der Waals surface area contributed by atoms with Gasteiger partial charge in [-0.3, -0.25) is 0 Å². The second-order valence-electron chi connectivity index (χ2n) is 12.3. The molecule has 6 heteroatoms. The summed E-state index contributed by atoms with van der Waals surface area (Å²) >= 11 is 7.24. The predicted molar refractivity (Wildman–Crippen MR) is 177 cm³/mol. The lowest BCUT2D eigenvalue weighted by Crippen LogP contribution is -2.39. The van der Waals surface area contributed by atoms with Crippen LogP contribution in [0.25, 0.3) is 0 Å². The number of benzene rings is 4. The summed E-state index contributed by atoms with van der Waals surface area (Å²) in [5.41, 5.74) is 5.95. The third-order valence-electron chi connectivity index (χ3n) is 7.77. The van der Waals surface area contributed by atoms with Crippen molar-refractivity contribution in [1.82, 2.24) is 4.90 Å². The Morgan fingerprint density at radius 3 is 2.09 bits per heavy atom. The molecule has 1 amide bonds. The van der Waals surface area contributed by atoms with E-state index in [-0.39, 0.29) is 12.0 Å². The first-order valence-corrected chi connectivity index (χ1v) is 15.8. The van der Waals surface area contributed by atoms with Crippen LogP contribution in [0.3, 0.4) is 0 Å². The number of aryl methyl sites for hydroxylation is 1. The molecule has 5 nitrogen and oxygen atoms in total. The lowest BCUT2D eigenvalue weighted by atomic mass is 9.86. The number of fused-ring (bicyclic) bond motifs is 1. The molecular weight excluding hydrogens is 570 g/mol. The third kappa shape index (κ3) is 7.95. The van der Waals surface area contributed by atoms with Gasteiger partial charge in [0.2, 0.25) is 0 Å². The Kier molecular flexibility index (Phi) is 10.2. The SMILES string of the molecule is CCCc1cc2c(c(Cl)c1OCc1ccccc1)CCN(C(=O)OC(C)(C)C)CC2c1ccc(OCc2ccccc2)cc1. The van der Waals surface area contributed by atoms with Crippen LogP contribution in [0.1, 0.15) is 73.4 Å². The molecule has 0 spiro atoms. The third-order valence-corrected chi connectivity index (χ3v) is 8.17. The van der Waals surface area contributed by atoms with Gasteiger partial charge in [0.25, 0.3) is 0 Å². The fraction of sp³-hybridized carbons (Fsp3) is 0.342. The van der Waals surface area contributed by atoms with Crippen molar-refractivity contribution in [3.8, 4) is 11.5 Å². The molecule has 4 aromatic rings. The minimum absolute atomic E-state index is 0.0977. The van der Waals surface area contributed by atoms with E-state index in [1.807, 2.05) is 74.2 Å². The van der Waals surface area contributed by atoms with Gasteiger partial charge in [-0.25, -0.2) is 4.79 Å². The van der Waals surface area contributed by atoms with Gasteiger partial charge in [0.15, 0.2) is 0 Å². The molecular formula is C38H42ClNO4. The van der Waals surface area contributed by atoms with Gasteiger partial charge in [-0.05, 0) is 79.1 Å². The fourth-order valence-electron chi connectivity index (χ4n) is 5.62. The summed E-state index contributed by atoms with van der Waals surface area (Å²) in [6, 6.07) is 30.7. The van der Waals surface area contributed by atoms with E-state index in [1.54, 1.807) is 0 Å². The molecule has 44 heavy (non-hydrogen) atoms. The van der Waals surface area contributed by atoms with Crippen molar-refractivity contribution >= 4 is 17.7 Å². The van der Waals surface area contributed by atoms with Gasteiger partial charge in [-0.1, -0.05) is 104 Å². The summed E-state index contributed by atoms with van der Waals surface area (Å²) in [4.78, 5) is 15.2. The molecule has 1 heterocycles. The molecule has 1 aliphatic heterocycles. The molecule has 4 aromatic carbocycles. The highest BCUT2D eigenvalue weighted by molar-refractivity contribution is 6.33. The number of hydrogen-bond donors (Lipinski definition) is 0. The van der Waals surface area contributed by atoms with Gasteiger partial charge in [0, 0.05) is 19.0 Å². The summed E-state index contributed by atoms with van der Waals surface area (Å²) in [7, 11) is 0. The normalized spacial score (nSPS) is 14.8. The molecule has 0 saturated heterocycles. The van der Waals surface area contributed by atoms with Crippen molar-refractivity contribution in [2.24, 2.45) is 0 Å². The van der Waals surface area contributed by atoms with Gasteiger partial charge in [-0.15, -0.1) is 0 Å². The number of amides is 1. The largest absolute Gasteiger partial charge is 0.489 e. The van der Waals surface area contributed by atoms with Crippen LogP contribution in [0.4, 0.5) is 4.79 Å². The maximum Gasteiger partial charge on any atom is 0.410 e. The van der Waals surface area contributed by atoms with Crippen LogP contribution in [0.2, 0.25) is 5.02 Å². The molecule has 1 aliphatic rings. The van der Waals surface area contributed by atoms with Crippen LogP contribution >= 0.6 is 11.6 Å². The zero-order valence-electron chi connectivity index (χ0n) is 26.1. The summed E-state index contributed by atoms with van der Waals surface area (Å²) < 4.78 is 18.3. The number of halogens is 1. The van der Waals surface area contributed by atoms with E-state index in [4.69, 9.17) is 25.8 Å². The van der Waals surface area contributed by atoms with E-state index < -0.39 is 5.60 Å². The molecule has 230 valence electrons. The minimum atomic E-state index is -0.589. The average molecular weight is 612 g/mol. The Labute approximate surface area is 266 Å². The van der Waals surface area contributed by atoms with E-state index in [0.717, 1.165) is 57.7 Å². The Hall–Kier alpha value is -3.96. The van der Waals surface area contributed by atoms with E-state index in [2.05, 4.69) is 49.4 Å². The maximum atomic E-state index is 13.4. The van der Waals surface area contributed by atoms with Gasteiger partial charge in [0.05, 0.1) is 5.02 Å². The molecule has 1 atom stereocenters. The van der Waals surface area contributed by atoms with Crippen LogP contribution in [-0.2, 0) is 30.8 Å². The van der Waals surface area contributed by atoms with E-state index in [0.29, 0.717) is 37.7 Å². The minimum Gasteiger partial charge on any atom is -0.489 e. The van der Waals surface area contributed by atoms with Crippen LogP contribution < -0.4 is 9.47 Å². The Morgan fingerprint density at radius 1 is 0.886 bits per heavy atom. The van der Waals surface area contributed by atoms with E-state index in [9.17, 15) is 4.79 Å². The van der Waals surface area contributed by atoms with Crippen LogP contribution in [0.5, 0.6) is 11.5 Å². The summed E-state index contributed by atoms with van der Waals surface area (Å²) in [6.45, 7) is 9.78. The molecule has 0 radical (unpaired) electrons. The summed E-state index contributed by atoms with van der Waals surface area (Å²) in [6.07, 6.45) is 2.09. The number of hydrogen-bond acceptors (Lipinski definition) is 4. The molecule has 0 fully saturated rings. The van der Waals surface area contributed by atoms with Crippen LogP contribution in [-0.4, -0.2) is 29.7 Å². The number of ether oxygens (including phenoxy) is 3. The molecule has 1 unspecified atom stereocenters. The predicted octanol–water partition coefficient (Wildman–Crippen LogP) is 9.38. The summed E-state index contributed by atoms with van der Waals surface area (Å²) in [5, 5.41) is 0.640. The first kappa shape index (κ1) is 31.5. The zero-order chi connectivity index (χ0) is 31.1. The fourth-order valence-corrected chi connectivity index (χ4v) is 6.00. The van der Waals surface area contributed by atoms with Crippen LogP contribution in [0, 0.1) is 0 Å². The smallest absolute Gasteiger partial charge is 0.410 e. The highest BCUT2D eigenvalue weighted by atomic mass is 35.5. The topological polar surface area (TPSA) is 48.0 Å². The second kappa shape index (κ2) is 14.2. The van der Waals surface area contributed by atoms with E-state index >= 15 is 0 Å². The molecule has 0 N–H and O–H groups in total. The standard InChI is InChI=1S/C38H42ClNO4/c1-5-12-30-23-33-32(35(39)36(30)43-26-28-15-10-7-11-16-28)21-22-40(37(41)44-38(2,3)4)24-34(33)29-17-19-31(20-18-29)42-25-27-13-8-6-9-14-27/h6-11,13-20,23,34H,5,12,21-22,24-26H2,1-4H3. The molecule has 5 rings (SSSR count). The number of carbonyl (C=O) groups excluding carboxylic acids is 1. The molecule has 0 bridgehead atoms. The van der Waals surface area contributed by atoms with Crippen molar-refractivity contribution < 1.29 is 19.0 Å². The highest BCUT2D eigenvalue weighted by Crippen LogP contribution is 2.43. The lowest BCUT2D eigenvalue weighted by Gasteiger charge is -2.29. The molecule has 0 aliphatic carbocycles. The van der Waals surface area contributed by atoms with Gasteiger partial charge in [0.1, 0.15) is 30.3 Å². The first-order valence-electron chi connectivity index (χ1n) is 15.5. The first-order chi connectivity index (χ1) is 21.2. The Morgan fingerprint density at radius 2 is 1.50 bits per heavy atom. The average Bonchev–Trinajstić information content (AvgIpc) is 3.21. The Balaban J connectivity index is 1.49. The van der Waals surface area contributed by atoms with Crippen molar-refractivity contribution in [1.29, 1.82) is 0 Å². The highest BCUT2D eigenvalue weighted by Gasteiger charge is 2.32. The van der Waals surface area contributed by atoms with Gasteiger partial charge >= 0.3 is 6.09 Å². The molecule has 0 aromatic heterocycles. The van der Waals surface area contributed by atoms with Crippen molar-refractivity contribution in [2.45, 2.75) is 71.7 Å². The monoisotopic (exact) mass is 611 g/mol. The number of rotatable bonds is 9. The van der Waals surface area contributed by atoms with Crippen molar-refractivity contribution in [2.75, 3.05) is 13.1 Å². The number of carbonyl (C=O) groups is 1. The maximum absolute atomic E-state index is 13.4. The van der Waals surface area contributed by atoms with E-state index in [1.165, 1.54) is 0 Å². The Bertz CT molecular complexity index is 1530. The van der Waals surface area contributed by atoms with Gasteiger partial charge < -0.3 is 19.1 Å². The second-order valence-corrected chi connectivity index (χ2v) is 12.7. The van der Waals surface area contributed by atoms with Gasteiger partial charge in [-0.2, -0.15) is 0 Å². The quantitative estimate of drug-likeness (QED) is 0.189. The zero-order valence-corrected chi connectivity index (χ0v) is 26.9. The van der Waals surface area contributed by atoms with Crippen LogP contribution in [0.15, 0.2) is 91.0 Å². The van der Waals surface area contributed by atoms with Crippen molar-refractivity contribution in [3.05, 3.63) is 129 Å². The summed E-state index contributed by atoms with van der Waals surface area (Å²) in [5.74, 6) is 1.44. The van der Waals surface area contributed by atoms with Crippen molar-refractivity contribution in [3.63, 3.8) is 0 Å². The molecule has 0 saturated carbocycles.